The Kier molecular flexibility index (Phi) is 4.57. The van der Waals surface area contributed by atoms with Gasteiger partial charge in [-0.05, 0) is 35.9 Å². The average Bonchev–Trinajstić information content (AvgIpc) is 3.44. The van der Waals surface area contributed by atoms with Crippen LogP contribution in [0.4, 0.5) is 0 Å². The first-order chi connectivity index (χ1) is 14.8. The van der Waals surface area contributed by atoms with Crippen LogP contribution in [0.2, 0.25) is 0 Å². The first-order valence-electron chi connectivity index (χ1n) is 9.59. The Morgan fingerprint density at radius 2 is 1.83 bits per heavy atom. The third-order valence-corrected chi connectivity index (χ3v) is 4.94. The van der Waals surface area contributed by atoms with Crippen molar-refractivity contribution in [1.82, 2.24) is 20.2 Å². The number of carbonyl (C=O) groups is 1. The molecule has 30 heavy (non-hydrogen) atoms. The number of aromatic nitrogens is 4. The molecule has 0 aliphatic rings. The number of benzene rings is 3. The number of hydrogen-bond acceptors (Lipinski definition) is 4. The van der Waals surface area contributed by atoms with Crippen LogP contribution in [0.15, 0.2) is 79.0 Å². The fourth-order valence-electron chi connectivity index (χ4n) is 3.48. The molecule has 146 valence electrons. The molecule has 2 N–H and O–H groups in total. The Bertz CT molecular complexity index is 1320. The molecule has 0 saturated heterocycles. The van der Waals surface area contributed by atoms with Crippen molar-refractivity contribution in [2.75, 3.05) is 0 Å². The molecule has 0 spiro atoms. The molecular weight excluding hydrogens is 376 g/mol. The largest absolute Gasteiger partial charge is 0.457 e. The van der Waals surface area contributed by atoms with Crippen LogP contribution in [0.3, 0.4) is 0 Å². The number of ether oxygens (including phenoxy) is 1. The SMILES string of the molecule is O=Cc1c(Oc2cccc(-c3nnc(Cc4ccccc4)[nH]3)c2)ccc2[nH]ccc12. The molecule has 5 rings (SSSR count). The zero-order valence-electron chi connectivity index (χ0n) is 16.0. The summed E-state index contributed by atoms with van der Waals surface area (Å²) in [5.41, 5.74) is 3.43. The Morgan fingerprint density at radius 3 is 2.70 bits per heavy atom. The van der Waals surface area contributed by atoms with E-state index in [0.717, 1.165) is 28.6 Å². The zero-order valence-corrected chi connectivity index (χ0v) is 16.0. The predicted molar refractivity (Wildman–Crippen MR) is 115 cm³/mol. The van der Waals surface area contributed by atoms with Crippen LogP contribution < -0.4 is 4.74 Å². The number of nitrogens with one attached hydrogen (secondary N) is 2. The second-order valence-corrected chi connectivity index (χ2v) is 6.95. The van der Waals surface area contributed by atoms with Crippen molar-refractivity contribution >= 4 is 17.2 Å². The lowest BCUT2D eigenvalue weighted by atomic mass is 10.1. The van der Waals surface area contributed by atoms with Crippen LogP contribution in [-0.2, 0) is 6.42 Å². The topological polar surface area (TPSA) is 83.7 Å². The van der Waals surface area contributed by atoms with Crippen molar-refractivity contribution in [1.29, 1.82) is 0 Å². The fraction of sp³-hybridized carbons (Fsp3) is 0.0417. The van der Waals surface area contributed by atoms with Crippen molar-refractivity contribution in [3.63, 3.8) is 0 Å². The van der Waals surface area contributed by atoms with Gasteiger partial charge in [0.15, 0.2) is 12.1 Å². The molecule has 2 aromatic heterocycles. The molecule has 0 unspecified atom stereocenters. The van der Waals surface area contributed by atoms with E-state index in [9.17, 15) is 4.79 Å². The Balaban J connectivity index is 1.41. The van der Waals surface area contributed by atoms with Crippen molar-refractivity contribution in [3.05, 3.63) is 95.9 Å². The predicted octanol–water partition coefficient (Wildman–Crippen LogP) is 5.15. The Morgan fingerprint density at radius 1 is 0.933 bits per heavy atom. The lowest BCUT2D eigenvalue weighted by Gasteiger charge is -2.09. The molecule has 0 radical (unpaired) electrons. The molecule has 2 heterocycles. The van der Waals surface area contributed by atoms with Gasteiger partial charge < -0.3 is 14.7 Å². The van der Waals surface area contributed by atoms with Gasteiger partial charge >= 0.3 is 0 Å². The smallest absolute Gasteiger partial charge is 0.161 e. The van der Waals surface area contributed by atoms with Crippen molar-refractivity contribution < 1.29 is 9.53 Å². The summed E-state index contributed by atoms with van der Waals surface area (Å²) in [7, 11) is 0. The van der Waals surface area contributed by atoms with Crippen molar-refractivity contribution in [3.8, 4) is 22.9 Å². The Hall–Kier alpha value is -4.19. The van der Waals surface area contributed by atoms with Crippen LogP contribution in [0.1, 0.15) is 21.7 Å². The molecule has 0 fully saturated rings. The molecule has 5 aromatic rings. The maximum absolute atomic E-state index is 11.7. The summed E-state index contributed by atoms with van der Waals surface area (Å²) < 4.78 is 6.04. The molecule has 0 saturated carbocycles. The number of nitrogens with zero attached hydrogens (tertiary/aromatic N) is 2. The summed E-state index contributed by atoms with van der Waals surface area (Å²) in [5, 5.41) is 9.37. The van der Waals surface area contributed by atoms with Crippen molar-refractivity contribution in [2.24, 2.45) is 0 Å². The summed E-state index contributed by atoms with van der Waals surface area (Å²) >= 11 is 0. The molecule has 0 atom stereocenters. The molecule has 6 nitrogen and oxygen atoms in total. The highest BCUT2D eigenvalue weighted by molar-refractivity contribution is 5.99. The molecule has 0 bridgehead atoms. The molecule has 3 aromatic carbocycles. The van der Waals surface area contributed by atoms with Crippen LogP contribution in [0.5, 0.6) is 11.5 Å². The minimum atomic E-state index is 0.511. The number of aromatic amines is 2. The van der Waals surface area contributed by atoms with E-state index in [-0.39, 0.29) is 0 Å². The van der Waals surface area contributed by atoms with E-state index < -0.39 is 0 Å². The van der Waals surface area contributed by atoms with Crippen LogP contribution in [-0.4, -0.2) is 26.5 Å². The zero-order chi connectivity index (χ0) is 20.3. The first-order valence-corrected chi connectivity index (χ1v) is 9.59. The van der Waals surface area contributed by atoms with Crippen LogP contribution in [0.25, 0.3) is 22.3 Å². The summed E-state index contributed by atoms with van der Waals surface area (Å²) in [6, 6.07) is 23.2. The number of aldehydes is 1. The van der Waals surface area contributed by atoms with Gasteiger partial charge in [-0.2, -0.15) is 0 Å². The second kappa shape index (κ2) is 7.67. The van der Waals surface area contributed by atoms with Gasteiger partial charge in [-0.1, -0.05) is 42.5 Å². The lowest BCUT2D eigenvalue weighted by molar-refractivity contribution is 0.112. The summed E-state index contributed by atoms with van der Waals surface area (Å²) in [4.78, 5) is 18.0. The fourth-order valence-corrected chi connectivity index (χ4v) is 3.48. The van der Waals surface area contributed by atoms with Gasteiger partial charge in [-0.15, -0.1) is 10.2 Å². The van der Waals surface area contributed by atoms with E-state index in [2.05, 4.69) is 32.3 Å². The first kappa shape index (κ1) is 17.9. The van der Waals surface area contributed by atoms with Gasteiger partial charge in [0, 0.05) is 29.1 Å². The third kappa shape index (κ3) is 3.46. The summed E-state index contributed by atoms with van der Waals surface area (Å²) in [5.74, 6) is 2.59. The molecule has 6 heteroatoms. The van der Waals surface area contributed by atoms with Gasteiger partial charge in [0.2, 0.25) is 0 Å². The van der Waals surface area contributed by atoms with Crippen LogP contribution >= 0.6 is 0 Å². The second-order valence-electron chi connectivity index (χ2n) is 6.95. The van der Waals surface area contributed by atoms with Gasteiger partial charge in [0.1, 0.15) is 17.3 Å². The van der Waals surface area contributed by atoms with E-state index in [0.29, 0.717) is 29.3 Å². The van der Waals surface area contributed by atoms with Gasteiger partial charge in [-0.3, -0.25) is 4.79 Å². The number of H-pyrrole nitrogens is 2. The average molecular weight is 394 g/mol. The summed E-state index contributed by atoms with van der Waals surface area (Å²) in [6.45, 7) is 0. The van der Waals surface area contributed by atoms with Gasteiger partial charge in [0.05, 0.1) is 5.56 Å². The lowest BCUT2D eigenvalue weighted by Crippen LogP contribution is -1.92. The molecule has 0 aliphatic carbocycles. The van der Waals surface area contributed by atoms with E-state index in [4.69, 9.17) is 4.74 Å². The Labute approximate surface area is 172 Å². The molecule has 0 amide bonds. The number of hydrogen-bond donors (Lipinski definition) is 2. The highest BCUT2D eigenvalue weighted by Crippen LogP contribution is 2.31. The quantitative estimate of drug-likeness (QED) is 0.390. The maximum atomic E-state index is 11.7. The number of fused-ring (bicyclic) bond motifs is 1. The van der Waals surface area contributed by atoms with Crippen molar-refractivity contribution in [2.45, 2.75) is 6.42 Å². The van der Waals surface area contributed by atoms with Gasteiger partial charge in [0.25, 0.3) is 0 Å². The number of rotatable bonds is 6. The molecular formula is C24H18N4O2. The third-order valence-electron chi connectivity index (χ3n) is 4.94. The minimum absolute atomic E-state index is 0.511. The minimum Gasteiger partial charge on any atom is -0.457 e. The van der Waals surface area contributed by atoms with E-state index in [1.165, 1.54) is 5.56 Å². The highest BCUT2D eigenvalue weighted by atomic mass is 16.5. The normalized spacial score (nSPS) is 10.9. The monoisotopic (exact) mass is 394 g/mol. The van der Waals surface area contributed by atoms with E-state index in [1.54, 1.807) is 12.3 Å². The maximum Gasteiger partial charge on any atom is 0.161 e. The highest BCUT2D eigenvalue weighted by Gasteiger charge is 2.12. The van der Waals surface area contributed by atoms with Gasteiger partial charge in [-0.25, -0.2) is 0 Å². The van der Waals surface area contributed by atoms with E-state index >= 15 is 0 Å². The standard InChI is InChI=1S/C24H18N4O2/c29-15-20-19-11-12-25-21(19)9-10-22(20)30-18-8-4-7-17(14-18)24-26-23(27-28-24)13-16-5-2-1-3-6-16/h1-12,14-15,25H,13H2,(H,26,27,28). The number of carbonyl (C=O) groups excluding carboxylic acids is 1. The van der Waals surface area contributed by atoms with E-state index in [1.807, 2.05) is 54.6 Å². The summed E-state index contributed by atoms with van der Waals surface area (Å²) in [6.07, 6.45) is 3.31. The van der Waals surface area contributed by atoms with Crippen LogP contribution in [0, 0.1) is 0 Å². The molecule has 0 aliphatic heterocycles.